The Bertz CT molecular complexity index is 430. The highest BCUT2D eigenvalue weighted by atomic mass is 35.6. The van der Waals surface area contributed by atoms with Crippen LogP contribution in [-0.2, 0) is 9.59 Å². The minimum atomic E-state index is -2.15. The van der Waals surface area contributed by atoms with E-state index in [-0.39, 0.29) is 5.75 Å². The van der Waals surface area contributed by atoms with Gasteiger partial charge in [0.2, 0.25) is 3.79 Å². The lowest BCUT2D eigenvalue weighted by Gasteiger charge is -2.10. The smallest absolute Gasteiger partial charge is 0.355 e. The summed E-state index contributed by atoms with van der Waals surface area (Å²) in [4.78, 5) is 21.9. The van der Waals surface area contributed by atoms with Crippen molar-refractivity contribution in [1.82, 2.24) is 0 Å². The van der Waals surface area contributed by atoms with E-state index in [9.17, 15) is 9.59 Å². The number of hydrogen-bond donors (Lipinski definition) is 0. The molecule has 0 fully saturated rings. The predicted molar refractivity (Wildman–Crippen MR) is 61.6 cm³/mol. The number of para-hydroxylation sites is 1. The highest BCUT2D eigenvalue weighted by Crippen LogP contribution is 2.33. The van der Waals surface area contributed by atoms with Crippen LogP contribution >= 0.6 is 34.8 Å². The second-order valence-corrected chi connectivity index (χ2v) is 4.96. The number of rotatable bonds is 2. The molecule has 0 aliphatic rings. The molecule has 84 valence electrons. The summed E-state index contributed by atoms with van der Waals surface area (Å²) in [6, 6.07) is 8.10. The molecule has 0 aliphatic carbocycles. The van der Waals surface area contributed by atoms with Gasteiger partial charge in [-0.25, -0.2) is 9.59 Å². The maximum atomic E-state index is 11.4. The second-order valence-electron chi connectivity index (χ2n) is 2.68. The first kappa shape index (κ1) is 13.1. The van der Waals surface area contributed by atoms with Crippen molar-refractivity contribution in [2.75, 3.05) is 0 Å². The molecule has 0 N–H and O–H groups in total. The molecule has 0 bridgehead atoms. The van der Waals surface area contributed by atoms with Crippen LogP contribution < -0.4 is 4.74 Å². The van der Waals surface area contributed by atoms with E-state index in [1.54, 1.807) is 18.2 Å². The summed E-state index contributed by atoms with van der Waals surface area (Å²) in [5.41, 5.74) is -0.693. The summed E-state index contributed by atoms with van der Waals surface area (Å²) in [5, 5.41) is 0. The van der Waals surface area contributed by atoms with Crippen molar-refractivity contribution in [2.24, 2.45) is 0 Å². The van der Waals surface area contributed by atoms with E-state index in [1.165, 1.54) is 18.1 Å². The lowest BCUT2D eigenvalue weighted by Crippen LogP contribution is -2.22. The SMILES string of the molecule is O=C=C(C(=O)Oc1ccccc1)C(Cl)(Cl)Cl. The number of hydrogen-bond acceptors (Lipinski definition) is 3. The van der Waals surface area contributed by atoms with Gasteiger partial charge in [0.25, 0.3) is 0 Å². The Hall–Kier alpha value is -0.990. The van der Waals surface area contributed by atoms with Crippen molar-refractivity contribution in [1.29, 1.82) is 0 Å². The van der Waals surface area contributed by atoms with Crippen molar-refractivity contribution in [3.8, 4) is 5.75 Å². The zero-order chi connectivity index (χ0) is 12.2. The van der Waals surface area contributed by atoms with Crippen molar-refractivity contribution in [3.63, 3.8) is 0 Å². The molecule has 0 aromatic heterocycles. The van der Waals surface area contributed by atoms with Crippen molar-refractivity contribution >= 4 is 46.7 Å². The Labute approximate surface area is 107 Å². The first-order chi connectivity index (χ1) is 7.45. The number of alkyl halides is 3. The van der Waals surface area contributed by atoms with Crippen LogP contribution in [0.1, 0.15) is 0 Å². The van der Waals surface area contributed by atoms with E-state index < -0.39 is 15.3 Å². The van der Waals surface area contributed by atoms with E-state index in [2.05, 4.69) is 0 Å². The highest BCUT2D eigenvalue weighted by molar-refractivity contribution is 6.71. The Morgan fingerprint density at radius 1 is 1.19 bits per heavy atom. The predicted octanol–water partition coefficient (Wildman–Crippen LogP) is 2.72. The molecular weight excluding hydrogens is 274 g/mol. The van der Waals surface area contributed by atoms with Gasteiger partial charge < -0.3 is 4.74 Å². The van der Waals surface area contributed by atoms with Crippen LogP contribution in [0.4, 0.5) is 0 Å². The Morgan fingerprint density at radius 2 is 1.75 bits per heavy atom. The minimum Gasteiger partial charge on any atom is -0.423 e. The van der Waals surface area contributed by atoms with Gasteiger partial charge in [0.1, 0.15) is 11.7 Å². The fraction of sp³-hybridized carbons (Fsp3) is 0.100. The summed E-state index contributed by atoms with van der Waals surface area (Å²) in [5.74, 6) is 0.463. The molecule has 0 unspecified atom stereocenters. The van der Waals surface area contributed by atoms with Crippen molar-refractivity contribution in [3.05, 3.63) is 35.9 Å². The van der Waals surface area contributed by atoms with Crippen LogP contribution in [0.5, 0.6) is 5.75 Å². The first-order valence-electron chi connectivity index (χ1n) is 4.04. The molecule has 1 rings (SSSR count). The summed E-state index contributed by atoms with van der Waals surface area (Å²) in [7, 11) is 0. The van der Waals surface area contributed by atoms with Crippen LogP contribution in [0.15, 0.2) is 35.9 Å². The molecule has 0 amide bonds. The molecule has 16 heavy (non-hydrogen) atoms. The molecule has 0 saturated carbocycles. The van der Waals surface area contributed by atoms with Gasteiger partial charge in [-0.3, -0.25) is 0 Å². The van der Waals surface area contributed by atoms with Gasteiger partial charge in [0, 0.05) is 0 Å². The molecule has 0 aliphatic heterocycles. The van der Waals surface area contributed by atoms with Gasteiger partial charge in [0.05, 0.1) is 0 Å². The molecule has 0 radical (unpaired) electrons. The molecular formula is C10H5Cl3O3. The van der Waals surface area contributed by atoms with Crippen LogP contribution in [0.25, 0.3) is 0 Å². The zero-order valence-corrected chi connectivity index (χ0v) is 10.0. The number of halogens is 3. The number of benzene rings is 1. The standard InChI is InChI=1S/C10H5Cl3O3/c11-10(12,13)8(6-14)9(15)16-7-4-2-1-3-5-7/h1-5H. The van der Waals surface area contributed by atoms with Crippen molar-refractivity contribution in [2.45, 2.75) is 3.79 Å². The van der Waals surface area contributed by atoms with Crippen LogP contribution in [-0.4, -0.2) is 15.7 Å². The van der Waals surface area contributed by atoms with Crippen LogP contribution in [0.3, 0.4) is 0 Å². The monoisotopic (exact) mass is 278 g/mol. The average molecular weight is 280 g/mol. The van der Waals surface area contributed by atoms with Crippen LogP contribution in [0.2, 0.25) is 0 Å². The van der Waals surface area contributed by atoms with Gasteiger partial charge in [-0.15, -0.1) is 0 Å². The van der Waals surface area contributed by atoms with Gasteiger partial charge in [-0.05, 0) is 12.1 Å². The summed E-state index contributed by atoms with van der Waals surface area (Å²) >= 11 is 16.2. The third-order valence-electron chi connectivity index (χ3n) is 1.54. The third kappa shape index (κ3) is 3.54. The molecule has 0 atom stereocenters. The molecule has 3 nitrogen and oxygen atoms in total. The Balaban J connectivity index is 2.85. The zero-order valence-electron chi connectivity index (χ0n) is 7.75. The Morgan fingerprint density at radius 3 is 2.19 bits per heavy atom. The highest BCUT2D eigenvalue weighted by Gasteiger charge is 2.34. The molecule has 1 aromatic carbocycles. The van der Waals surface area contributed by atoms with Gasteiger partial charge in [-0.2, -0.15) is 0 Å². The van der Waals surface area contributed by atoms with E-state index >= 15 is 0 Å². The maximum Gasteiger partial charge on any atom is 0.355 e. The number of ether oxygens (including phenoxy) is 1. The van der Waals surface area contributed by atoms with Gasteiger partial charge >= 0.3 is 5.97 Å². The number of carbonyl (C=O) groups is 1. The van der Waals surface area contributed by atoms with Gasteiger partial charge in [-0.1, -0.05) is 53.0 Å². The Kier molecular flexibility index (Phi) is 4.39. The molecule has 0 heterocycles. The maximum absolute atomic E-state index is 11.4. The second kappa shape index (κ2) is 5.37. The quantitative estimate of drug-likeness (QED) is 0.275. The summed E-state index contributed by atoms with van der Waals surface area (Å²) in [6.07, 6.45) is 0. The summed E-state index contributed by atoms with van der Waals surface area (Å²) in [6.45, 7) is 0. The molecule has 6 heteroatoms. The lowest BCUT2D eigenvalue weighted by molar-refractivity contribution is -0.130. The van der Waals surface area contributed by atoms with E-state index in [0.717, 1.165) is 0 Å². The van der Waals surface area contributed by atoms with Crippen molar-refractivity contribution < 1.29 is 14.3 Å². The lowest BCUT2D eigenvalue weighted by atomic mass is 10.3. The van der Waals surface area contributed by atoms with E-state index in [4.69, 9.17) is 39.5 Å². The fourth-order valence-corrected chi connectivity index (χ4v) is 1.21. The summed E-state index contributed by atoms with van der Waals surface area (Å²) < 4.78 is 2.66. The number of carbonyl (C=O) groups excluding carboxylic acids is 2. The normalized spacial score (nSPS) is 10.4. The molecule has 1 aromatic rings. The molecule has 0 spiro atoms. The largest absolute Gasteiger partial charge is 0.423 e. The van der Waals surface area contributed by atoms with E-state index in [1.807, 2.05) is 0 Å². The van der Waals surface area contributed by atoms with Gasteiger partial charge in [0.15, 0.2) is 5.57 Å². The molecule has 0 saturated heterocycles. The fourth-order valence-electron chi connectivity index (χ4n) is 0.862. The van der Waals surface area contributed by atoms with Crippen LogP contribution in [0, 0.1) is 0 Å². The average Bonchev–Trinajstić information content (AvgIpc) is 2.17. The topological polar surface area (TPSA) is 43.4 Å². The first-order valence-corrected chi connectivity index (χ1v) is 5.18. The number of esters is 1. The minimum absolute atomic E-state index is 0.245. The van der Waals surface area contributed by atoms with E-state index in [0.29, 0.717) is 0 Å². The third-order valence-corrected chi connectivity index (χ3v) is 2.11.